The third kappa shape index (κ3) is 3.40. The molecule has 1 heterocycles. The molecule has 8 heteroatoms. The molecule has 0 bridgehead atoms. The fourth-order valence-corrected chi connectivity index (χ4v) is 2.40. The summed E-state index contributed by atoms with van der Waals surface area (Å²) in [6.07, 6.45) is 1.65. The predicted octanol–water partition coefficient (Wildman–Crippen LogP) is 4.64. The molecule has 114 valence electrons. The van der Waals surface area contributed by atoms with E-state index < -0.39 is 9.85 Å². The van der Waals surface area contributed by atoms with E-state index in [1.807, 2.05) is 0 Å². The maximum absolute atomic E-state index is 10.8. The molecule has 2 rings (SSSR count). The molecule has 0 aliphatic carbocycles. The topological polar surface area (TPSA) is 99.4 Å². The molecule has 0 radical (unpaired) electrons. The second-order valence-corrected chi connectivity index (χ2v) is 5.22. The first kappa shape index (κ1) is 15.9. The second-order valence-electron chi connectivity index (χ2n) is 4.37. The minimum atomic E-state index is -0.491. The van der Waals surface area contributed by atoms with Gasteiger partial charge in [-0.05, 0) is 34.1 Å². The second kappa shape index (κ2) is 6.52. The molecule has 0 unspecified atom stereocenters. The lowest BCUT2D eigenvalue weighted by Crippen LogP contribution is -1.96. The fourth-order valence-electron chi connectivity index (χ4n) is 1.84. The van der Waals surface area contributed by atoms with Crippen LogP contribution in [0.2, 0.25) is 0 Å². The number of furan rings is 1. The Morgan fingerprint density at radius 2 is 2.00 bits per heavy atom. The van der Waals surface area contributed by atoms with E-state index in [0.717, 1.165) is 0 Å². The summed E-state index contributed by atoms with van der Waals surface area (Å²) in [6, 6.07) is 7.57. The van der Waals surface area contributed by atoms with Gasteiger partial charge in [0, 0.05) is 28.6 Å². The molecular weight excluding hydrogens is 356 g/mol. The number of halogens is 1. The minimum Gasteiger partial charge on any atom is -0.456 e. The van der Waals surface area contributed by atoms with Gasteiger partial charge >= 0.3 is 0 Å². The van der Waals surface area contributed by atoms with Gasteiger partial charge < -0.3 is 4.42 Å². The lowest BCUT2D eigenvalue weighted by Gasteiger charge is -2.00. The van der Waals surface area contributed by atoms with Crippen LogP contribution in [0.4, 0.5) is 5.69 Å². The number of hydrogen-bond donors (Lipinski definition) is 0. The van der Waals surface area contributed by atoms with Crippen LogP contribution in [0.5, 0.6) is 0 Å². The SMILES string of the molecule is CC/C(=C\c1ccc(-c2ccc([N+](=O)[O-])cc2Br)o1)[N+](=O)[O-]. The van der Waals surface area contributed by atoms with Crippen LogP contribution in [0.15, 0.2) is 44.9 Å². The molecule has 1 aromatic carbocycles. The third-order valence-electron chi connectivity index (χ3n) is 2.96. The van der Waals surface area contributed by atoms with Crippen molar-refractivity contribution in [1.29, 1.82) is 0 Å². The van der Waals surface area contributed by atoms with Crippen molar-refractivity contribution < 1.29 is 14.3 Å². The van der Waals surface area contributed by atoms with Gasteiger partial charge in [-0.25, -0.2) is 0 Å². The summed E-state index contributed by atoms with van der Waals surface area (Å²) in [6.45, 7) is 1.69. The van der Waals surface area contributed by atoms with Gasteiger partial charge in [-0.15, -0.1) is 0 Å². The molecule has 2 aromatic rings. The van der Waals surface area contributed by atoms with Gasteiger partial charge in [-0.3, -0.25) is 20.2 Å². The van der Waals surface area contributed by atoms with E-state index >= 15 is 0 Å². The summed E-state index contributed by atoms with van der Waals surface area (Å²) in [5.74, 6) is 0.820. The van der Waals surface area contributed by atoms with Crippen LogP contribution in [-0.2, 0) is 0 Å². The Kier molecular flexibility index (Phi) is 4.71. The first-order valence-corrected chi connectivity index (χ1v) is 7.10. The normalized spacial score (nSPS) is 11.5. The van der Waals surface area contributed by atoms with Gasteiger partial charge in [-0.1, -0.05) is 6.92 Å². The predicted molar refractivity (Wildman–Crippen MR) is 83.8 cm³/mol. The summed E-state index contributed by atoms with van der Waals surface area (Å²) < 4.78 is 6.06. The number of rotatable bonds is 5. The molecule has 1 aromatic heterocycles. The zero-order chi connectivity index (χ0) is 16.3. The van der Waals surface area contributed by atoms with Crippen molar-refractivity contribution in [2.75, 3.05) is 0 Å². The van der Waals surface area contributed by atoms with Crippen molar-refractivity contribution in [2.45, 2.75) is 13.3 Å². The Bertz CT molecular complexity index is 766. The van der Waals surface area contributed by atoms with Crippen LogP contribution in [-0.4, -0.2) is 9.85 Å². The Balaban J connectivity index is 2.36. The molecule has 0 amide bonds. The number of nitro groups is 2. The van der Waals surface area contributed by atoms with E-state index in [4.69, 9.17) is 4.42 Å². The van der Waals surface area contributed by atoms with Gasteiger partial charge in [0.15, 0.2) is 0 Å². The number of non-ortho nitro benzene ring substituents is 1. The summed E-state index contributed by atoms with van der Waals surface area (Å²) in [4.78, 5) is 20.6. The summed E-state index contributed by atoms with van der Waals surface area (Å²) in [5, 5.41) is 21.5. The number of hydrogen-bond acceptors (Lipinski definition) is 5. The van der Waals surface area contributed by atoms with Crippen LogP contribution < -0.4 is 0 Å². The van der Waals surface area contributed by atoms with Crippen molar-refractivity contribution in [3.63, 3.8) is 0 Å². The van der Waals surface area contributed by atoms with Crippen LogP contribution in [0, 0.1) is 20.2 Å². The standard InChI is InChI=1S/C14H11BrN2O5/c1-2-9(16(18)19)7-11-4-6-14(22-11)12-5-3-10(17(20)21)8-13(12)15/h3-8H,2H2,1H3/b9-7+. The van der Waals surface area contributed by atoms with E-state index in [2.05, 4.69) is 15.9 Å². The number of allylic oxidation sites excluding steroid dienone is 1. The Morgan fingerprint density at radius 3 is 2.55 bits per heavy atom. The lowest BCUT2D eigenvalue weighted by molar-refractivity contribution is -0.425. The third-order valence-corrected chi connectivity index (χ3v) is 3.62. The summed E-state index contributed by atoms with van der Waals surface area (Å²) in [7, 11) is 0. The molecule has 0 saturated carbocycles. The quantitative estimate of drug-likeness (QED) is 0.566. The van der Waals surface area contributed by atoms with Crippen LogP contribution in [0.1, 0.15) is 19.1 Å². The lowest BCUT2D eigenvalue weighted by atomic mass is 10.1. The molecule has 22 heavy (non-hydrogen) atoms. The smallest absolute Gasteiger partial charge is 0.270 e. The fraction of sp³-hybridized carbons (Fsp3) is 0.143. The van der Waals surface area contributed by atoms with E-state index in [-0.39, 0.29) is 17.8 Å². The number of nitro benzene ring substituents is 1. The highest BCUT2D eigenvalue weighted by Crippen LogP contribution is 2.33. The van der Waals surface area contributed by atoms with E-state index in [1.54, 1.807) is 25.1 Å². The molecule has 7 nitrogen and oxygen atoms in total. The first-order chi connectivity index (χ1) is 10.4. The minimum absolute atomic E-state index is 0.0380. The van der Waals surface area contributed by atoms with Crippen molar-refractivity contribution in [3.8, 4) is 11.3 Å². The van der Waals surface area contributed by atoms with Gasteiger partial charge in [0.05, 0.1) is 15.9 Å². The van der Waals surface area contributed by atoms with Gasteiger partial charge in [0.2, 0.25) is 5.70 Å². The average molecular weight is 367 g/mol. The summed E-state index contributed by atoms with van der Waals surface area (Å²) >= 11 is 3.26. The van der Waals surface area contributed by atoms with Crippen molar-refractivity contribution >= 4 is 27.7 Å². The van der Waals surface area contributed by atoms with Crippen molar-refractivity contribution in [3.05, 3.63) is 66.5 Å². The maximum Gasteiger partial charge on any atom is 0.270 e. The van der Waals surface area contributed by atoms with Crippen LogP contribution >= 0.6 is 15.9 Å². The molecule has 0 saturated heterocycles. The highest BCUT2D eigenvalue weighted by atomic mass is 79.9. The largest absolute Gasteiger partial charge is 0.456 e. The molecule has 0 atom stereocenters. The molecule has 0 aliphatic rings. The summed E-state index contributed by atoms with van der Waals surface area (Å²) in [5.41, 5.74) is 0.636. The van der Waals surface area contributed by atoms with E-state index in [9.17, 15) is 20.2 Å². The van der Waals surface area contributed by atoms with Crippen molar-refractivity contribution in [2.24, 2.45) is 0 Å². The van der Waals surface area contributed by atoms with Crippen LogP contribution in [0.25, 0.3) is 17.4 Å². The molecule has 0 N–H and O–H groups in total. The number of benzene rings is 1. The number of nitrogens with zero attached hydrogens (tertiary/aromatic N) is 2. The molecular formula is C14H11BrN2O5. The zero-order valence-corrected chi connectivity index (χ0v) is 13.1. The maximum atomic E-state index is 10.8. The van der Waals surface area contributed by atoms with E-state index in [0.29, 0.717) is 21.6 Å². The van der Waals surface area contributed by atoms with E-state index in [1.165, 1.54) is 18.2 Å². The molecule has 0 spiro atoms. The van der Waals surface area contributed by atoms with Gasteiger partial charge in [-0.2, -0.15) is 0 Å². The molecule has 0 aliphatic heterocycles. The Labute approximate surface area is 133 Å². The first-order valence-electron chi connectivity index (χ1n) is 6.31. The van der Waals surface area contributed by atoms with Gasteiger partial charge in [0.25, 0.3) is 5.69 Å². The van der Waals surface area contributed by atoms with Gasteiger partial charge in [0.1, 0.15) is 11.5 Å². The zero-order valence-electron chi connectivity index (χ0n) is 11.5. The Morgan fingerprint density at radius 1 is 1.27 bits per heavy atom. The highest BCUT2D eigenvalue weighted by molar-refractivity contribution is 9.10. The monoisotopic (exact) mass is 366 g/mol. The average Bonchev–Trinajstić information content (AvgIpc) is 2.92. The van der Waals surface area contributed by atoms with Crippen molar-refractivity contribution in [1.82, 2.24) is 0 Å². The highest BCUT2D eigenvalue weighted by Gasteiger charge is 2.14. The van der Waals surface area contributed by atoms with Crippen LogP contribution in [0.3, 0.4) is 0 Å². The Hall–Kier alpha value is -2.48. The molecule has 0 fully saturated rings.